The normalized spacial score (nSPS) is 11.8. The van der Waals surface area contributed by atoms with E-state index in [0.29, 0.717) is 0 Å². The summed E-state index contributed by atoms with van der Waals surface area (Å²) in [6, 6.07) is 72.6. The van der Waals surface area contributed by atoms with Gasteiger partial charge in [-0.25, -0.2) is 0 Å². The standard InChI is InChI=1S/C50H33N3/c1-5-14-38(15-6-1)51(39-16-7-2-8-17-39)42-26-24-34-30-46-44-22-13-23-45-47-31-35-25-27-43(52(40-18-9-3-10-19-40)41-20-11-4-12-21-41)29-37(35)33-49(47)53(50(44)45)48(46)32-36(34)28-42/h1-33H. The van der Waals surface area contributed by atoms with Gasteiger partial charge < -0.3 is 14.2 Å². The Hall–Kier alpha value is -7.10. The smallest absolute Gasteiger partial charge is 0.0620 e. The Bertz CT molecular complexity index is 2810. The number of benzene rings is 9. The number of nitrogens with zero attached hydrogens (tertiary/aromatic N) is 3. The van der Waals surface area contributed by atoms with Gasteiger partial charge in [0, 0.05) is 55.7 Å². The Morgan fingerprint density at radius 3 is 1.02 bits per heavy atom. The number of hydrogen-bond acceptors (Lipinski definition) is 2. The molecule has 0 aliphatic carbocycles. The maximum atomic E-state index is 2.51. The fraction of sp³-hybridized carbons (Fsp3) is 0. The van der Waals surface area contributed by atoms with Gasteiger partial charge in [-0.3, -0.25) is 0 Å². The fourth-order valence-corrected chi connectivity index (χ4v) is 8.42. The van der Waals surface area contributed by atoms with Crippen LogP contribution in [-0.2, 0) is 0 Å². The maximum absolute atomic E-state index is 2.51. The van der Waals surface area contributed by atoms with E-state index in [1.165, 1.54) is 59.6 Å². The summed E-state index contributed by atoms with van der Waals surface area (Å²) in [5, 5.41) is 10.0. The van der Waals surface area contributed by atoms with Gasteiger partial charge in [-0.1, -0.05) is 103 Å². The van der Waals surface area contributed by atoms with Crippen LogP contribution >= 0.6 is 0 Å². The van der Waals surface area contributed by atoms with Crippen LogP contribution in [-0.4, -0.2) is 4.40 Å². The van der Waals surface area contributed by atoms with Gasteiger partial charge >= 0.3 is 0 Å². The summed E-state index contributed by atoms with van der Waals surface area (Å²) in [4.78, 5) is 4.67. The van der Waals surface area contributed by atoms with Crippen LogP contribution in [0.25, 0.3) is 59.6 Å². The summed E-state index contributed by atoms with van der Waals surface area (Å²) < 4.78 is 2.51. The number of aromatic nitrogens is 1. The summed E-state index contributed by atoms with van der Waals surface area (Å²) in [6.45, 7) is 0. The van der Waals surface area contributed by atoms with E-state index in [9.17, 15) is 0 Å². The lowest BCUT2D eigenvalue weighted by molar-refractivity contribution is 1.29. The minimum Gasteiger partial charge on any atom is -0.310 e. The number of para-hydroxylation sites is 5. The molecule has 3 nitrogen and oxygen atoms in total. The Kier molecular flexibility index (Phi) is 6.55. The van der Waals surface area contributed by atoms with Crippen LogP contribution in [0, 0.1) is 0 Å². The van der Waals surface area contributed by atoms with E-state index >= 15 is 0 Å². The highest BCUT2D eigenvalue weighted by molar-refractivity contribution is 6.26. The summed E-state index contributed by atoms with van der Waals surface area (Å²) in [5.74, 6) is 0. The van der Waals surface area contributed by atoms with Crippen LogP contribution in [0.2, 0.25) is 0 Å². The second-order valence-electron chi connectivity index (χ2n) is 13.9. The van der Waals surface area contributed by atoms with Gasteiger partial charge in [-0.2, -0.15) is 0 Å². The quantitative estimate of drug-likeness (QED) is 0.174. The SMILES string of the molecule is c1ccc(N(c2ccccc2)c2ccc3cc4c5cccc6c7cc8ccc(N(c9ccccc9)c9ccccc9)cc8cc7n(c4cc3c2)c56)cc1. The van der Waals surface area contributed by atoms with Gasteiger partial charge in [0.05, 0.1) is 16.6 Å². The molecule has 0 radical (unpaired) electrons. The fourth-order valence-electron chi connectivity index (χ4n) is 8.42. The van der Waals surface area contributed by atoms with Crippen LogP contribution < -0.4 is 9.80 Å². The monoisotopic (exact) mass is 675 g/mol. The Labute approximate surface area is 307 Å². The molecule has 2 aromatic heterocycles. The van der Waals surface area contributed by atoms with Crippen molar-refractivity contribution in [2.75, 3.05) is 9.80 Å². The van der Waals surface area contributed by atoms with Gasteiger partial charge in [-0.15, -0.1) is 0 Å². The highest BCUT2D eigenvalue weighted by Gasteiger charge is 2.20. The van der Waals surface area contributed by atoms with Crippen LogP contribution in [0.1, 0.15) is 0 Å². The lowest BCUT2D eigenvalue weighted by atomic mass is 10.0. The molecule has 0 spiro atoms. The molecule has 3 heteroatoms. The Balaban J connectivity index is 1.13. The molecule has 0 atom stereocenters. The van der Waals surface area contributed by atoms with Crippen LogP contribution in [0.3, 0.4) is 0 Å². The molecule has 0 aliphatic rings. The first kappa shape index (κ1) is 29.6. The average molecular weight is 676 g/mol. The molecule has 11 aromatic rings. The molecule has 0 saturated heterocycles. The van der Waals surface area contributed by atoms with Crippen molar-refractivity contribution in [1.29, 1.82) is 0 Å². The molecule has 0 saturated carbocycles. The van der Waals surface area contributed by atoms with E-state index in [1.807, 2.05) is 0 Å². The van der Waals surface area contributed by atoms with Crippen LogP contribution in [0.15, 0.2) is 200 Å². The predicted octanol–water partition coefficient (Wildman–Crippen LogP) is 14.1. The lowest BCUT2D eigenvalue weighted by Gasteiger charge is -2.25. The Morgan fingerprint density at radius 2 is 0.642 bits per heavy atom. The van der Waals surface area contributed by atoms with Crippen molar-refractivity contribution in [3.8, 4) is 0 Å². The van der Waals surface area contributed by atoms with Crippen LogP contribution in [0.5, 0.6) is 0 Å². The Morgan fingerprint density at radius 1 is 0.264 bits per heavy atom. The molecule has 0 unspecified atom stereocenters. The molecule has 248 valence electrons. The minimum atomic E-state index is 1.13. The summed E-state index contributed by atoms with van der Waals surface area (Å²) >= 11 is 0. The van der Waals surface area contributed by atoms with Crippen molar-refractivity contribution in [3.05, 3.63) is 200 Å². The zero-order valence-electron chi connectivity index (χ0n) is 28.9. The molecule has 0 bridgehead atoms. The maximum Gasteiger partial charge on any atom is 0.0620 e. The molecule has 0 N–H and O–H groups in total. The minimum absolute atomic E-state index is 1.13. The highest BCUT2D eigenvalue weighted by atomic mass is 15.1. The zero-order chi connectivity index (χ0) is 34.9. The third kappa shape index (κ3) is 4.68. The second kappa shape index (κ2) is 11.7. The third-order valence-electron chi connectivity index (χ3n) is 10.8. The molecule has 11 rings (SSSR count). The third-order valence-corrected chi connectivity index (χ3v) is 10.8. The number of fused-ring (bicyclic) bond motifs is 8. The molecule has 2 heterocycles. The first-order chi connectivity index (χ1) is 26.3. The van der Waals surface area contributed by atoms with Crippen molar-refractivity contribution >= 4 is 93.8 Å². The zero-order valence-corrected chi connectivity index (χ0v) is 28.9. The number of hydrogen-bond donors (Lipinski definition) is 0. The van der Waals surface area contributed by atoms with Gasteiger partial charge in [0.15, 0.2) is 0 Å². The number of anilines is 6. The first-order valence-electron chi connectivity index (χ1n) is 18.2. The average Bonchev–Trinajstić information content (AvgIpc) is 3.72. The lowest BCUT2D eigenvalue weighted by Crippen LogP contribution is -2.09. The number of rotatable bonds is 6. The predicted molar refractivity (Wildman–Crippen MR) is 225 cm³/mol. The van der Waals surface area contributed by atoms with Crippen molar-refractivity contribution in [2.45, 2.75) is 0 Å². The first-order valence-corrected chi connectivity index (χ1v) is 18.2. The molecule has 9 aromatic carbocycles. The van der Waals surface area contributed by atoms with Crippen molar-refractivity contribution in [3.63, 3.8) is 0 Å². The molecule has 0 fully saturated rings. The topological polar surface area (TPSA) is 10.9 Å². The van der Waals surface area contributed by atoms with E-state index in [0.717, 1.165) is 34.1 Å². The van der Waals surface area contributed by atoms with E-state index in [-0.39, 0.29) is 0 Å². The van der Waals surface area contributed by atoms with Gasteiger partial charge in [-0.05, 0) is 119 Å². The van der Waals surface area contributed by atoms with E-state index in [2.05, 4.69) is 214 Å². The van der Waals surface area contributed by atoms with Crippen LogP contribution in [0.4, 0.5) is 34.1 Å². The molecule has 0 amide bonds. The molecular formula is C50H33N3. The molecule has 0 aliphatic heterocycles. The van der Waals surface area contributed by atoms with E-state index in [4.69, 9.17) is 0 Å². The summed E-state index contributed by atoms with van der Waals surface area (Å²) in [7, 11) is 0. The van der Waals surface area contributed by atoms with Gasteiger partial charge in [0.25, 0.3) is 0 Å². The molecular weight excluding hydrogens is 643 g/mol. The van der Waals surface area contributed by atoms with Crippen molar-refractivity contribution < 1.29 is 0 Å². The summed E-state index contributed by atoms with van der Waals surface area (Å²) in [6.07, 6.45) is 0. The van der Waals surface area contributed by atoms with E-state index in [1.54, 1.807) is 0 Å². The molecule has 53 heavy (non-hydrogen) atoms. The van der Waals surface area contributed by atoms with E-state index < -0.39 is 0 Å². The van der Waals surface area contributed by atoms with Crippen molar-refractivity contribution in [1.82, 2.24) is 4.40 Å². The highest BCUT2D eigenvalue weighted by Crippen LogP contribution is 2.44. The van der Waals surface area contributed by atoms with Crippen molar-refractivity contribution in [2.24, 2.45) is 0 Å². The second-order valence-corrected chi connectivity index (χ2v) is 13.9. The van der Waals surface area contributed by atoms with Gasteiger partial charge in [0.1, 0.15) is 0 Å². The largest absolute Gasteiger partial charge is 0.310 e. The van der Waals surface area contributed by atoms with Gasteiger partial charge in [0.2, 0.25) is 0 Å². The summed E-state index contributed by atoms with van der Waals surface area (Å²) in [5.41, 5.74) is 10.5.